The van der Waals surface area contributed by atoms with Crippen molar-refractivity contribution in [3.05, 3.63) is 53.1 Å². The molecule has 2 rings (SSSR count). The normalized spacial score (nSPS) is 10.3. The van der Waals surface area contributed by atoms with Gasteiger partial charge in [0.15, 0.2) is 11.5 Å². The first kappa shape index (κ1) is 16.5. The first-order valence-electron chi connectivity index (χ1n) is 7.20. The molecule has 0 aromatic heterocycles. The SMILES string of the molecule is CCOc1ccccc1OCCOc1ccc(Cl)cc1CN. The predicted octanol–water partition coefficient (Wildman–Crippen LogP) is 3.66. The van der Waals surface area contributed by atoms with Crippen molar-refractivity contribution in [1.82, 2.24) is 0 Å². The van der Waals surface area contributed by atoms with Crippen molar-refractivity contribution >= 4 is 11.6 Å². The van der Waals surface area contributed by atoms with Gasteiger partial charge in [0.25, 0.3) is 0 Å². The minimum Gasteiger partial charge on any atom is -0.490 e. The number of nitrogens with two attached hydrogens (primary N) is 1. The lowest BCUT2D eigenvalue weighted by atomic mass is 10.2. The zero-order chi connectivity index (χ0) is 15.8. The Kier molecular flexibility index (Phi) is 6.37. The fraction of sp³-hybridized carbons (Fsp3) is 0.294. The maximum atomic E-state index is 5.93. The summed E-state index contributed by atoms with van der Waals surface area (Å²) in [6.07, 6.45) is 0. The van der Waals surface area contributed by atoms with E-state index in [1.165, 1.54) is 0 Å². The monoisotopic (exact) mass is 321 g/mol. The van der Waals surface area contributed by atoms with Gasteiger partial charge in [0.05, 0.1) is 6.61 Å². The van der Waals surface area contributed by atoms with E-state index in [0.717, 1.165) is 17.1 Å². The van der Waals surface area contributed by atoms with Crippen molar-refractivity contribution in [2.24, 2.45) is 5.73 Å². The quantitative estimate of drug-likeness (QED) is 0.754. The molecule has 2 aromatic carbocycles. The van der Waals surface area contributed by atoms with Crippen LogP contribution in [0.5, 0.6) is 17.2 Å². The largest absolute Gasteiger partial charge is 0.490 e. The van der Waals surface area contributed by atoms with Gasteiger partial charge in [-0.1, -0.05) is 23.7 Å². The molecule has 2 aromatic rings. The summed E-state index contributed by atoms with van der Waals surface area (Å²) in [5.74, 6) is 2.18. The predicted molar refractivity (Wildman–Crippen MR) is 87.9 cm³/mol. The molecule has 0 aliphatic rings. The molecule has 2 N–H and O–H groups in total. The average molecular weight is 322 g/mol. The zero-order valence-electron chi connectivity index (χ0n) is 12.5. The lowest BCUT2D eigenvalue weighted by molar-refractivity contribution is 0.207. The van der Waals surface area contributed by atoms with E-state index >= 15 is 0 Å². The lowest BCUT2D eigenvalue weighted by Crippen LogP contribution is -2.11. The summed E-state index contributed by atoms with van der Waals surface area (Å²) in [6.45, 7) is 3.74. The van der Waals surface area contributed by atoms with Gasteiger partial charge in [-0.3, -0.25) is 0 Å². The van der Waals surface area contributed by atoms with Crippen molar-refractivity contribution in [1.29, 1.82) is 0 Å². The Hall–Kier alpha value is -1.91. The molecule has 4 nitrogen and oxygen atoms in total. The van der Waals surface area contributed by atoms with Crippen LogP contribution in [0, 0.1) is 0 Å². The maximum Gasteiger partial charge on any atom is 0.161 e. The Labute approximate surface area is 135 Å². The number of ether oxygens (including phenoxy) is 3. The molecule has 0 aliphatic carbocycles. The summed E-state index contributed by atoms with van der Waals surface area (Å²) >= 11 is 5.93. The molecule has 0 radical (unpaired) electrons. The third kappa shape index (κ3) is 4.55. The van der Waals surface area contributed by atoms with Crippen LogP contribution in [0.2, 0.25) is 5.02 Å². The third-order valence-corrected chi connectivity index (χ3v) is 3.23. The van der Waals surface area contributed by atoms with Crippen LogP contribution in [0.4, 0.5) is 0 Å². The fourth-order valence-corrected chi connectivity index (χ4v) is 2.19. The first-order chi connectivity index (χ1) is 10.7. The Bertz CT molecular complexity index is 604. The Morgan fingerprint density at radius 1 is 0.909 bits per heavy atom. The molecule has 0 fully saturated rings. The molecule has 0 heterocycles. The highest BCUT2D eigenvalue weighted by Gasteiger charge is 2.05. The second kappa shape index (κ2) is 8.51. The van der Waals surface area contributed by atoms with E-state index in [1.54, 1.807) is 6.07 Å². The highest BCUT2D eigenvalue weighted by molar-refractivity contribution is 6.30. The summed E-state index contributed by atoms with van der Waals surface area (Å²) in [5.41, 5.74) is 6.56. The molecule has 0 saturated carbocycles. The Balaban J connectivity index is 1.87. The van der Waals surface area contributed by atoms with Gasteiger partial charge in [-0.2, -0.15) is 0 Å². The van der Waals surface area contributed by atoms with Crippen LogP contribution in [-0.4, -0.2) is 19.8 Å². The third-order valence-electron chi connectivity index (χ3n) is 2.99. The van der Waals surface area contributed by atoms with Crippen molar-refractivity contribution in [2.45, 2.75) is 13.5 Å². The molecule has 0 bridgehead atoms. The summed E-state index contributed by atoms with van der Waals surface area (Å²) in [4.78, 5) is 0. The average Bonchev–Trinajstić information content (AvgIpc) is 2.54. The second-order valence-electron chi connectivity index (χ2n) is 4.53. The van der Waals surface area contributed by atoms with Crippen LogP contribution >= 0.6 is 11.6 Å². The zero-order valence-corrected chi connectivity index (χ0v) is 13.3. The van der Waals surface area contributed by atoms with E-state index in [9.17, 15) is 0 Å². The van der Waals surface area contributed by atoms with E-state index in [0.29, 0.717) is 37.1 Å². The van der Waals surface area contributed by atoms with Gasteiger partial charge in [0, 0.05) is 17.1 Å². The van der Waals surface area contributed by atoms with Crippen LogP contribution in [0.1, 0.15) is 12.5 Å². The Morgan fingerprint density at radius 3 is 2.18 bits per heavy atom. The molecular weight excluding hydrogens is 302 g/mol. The summed E-state index contributed by atoms with van der Waals surface area (Å²) in [7, 11) is 0. The number of hydrogen-bond acceptors (Lipinski definition) is 4. The van der Waals surface area contributed by atoms with E-state index in [4.69, 9.17) is 31.5 Å². The van der Waals surface area contributed by atoms with Crippen LogP contribution < -0.4 is 19.9 Å². The van der Waals surface area contributed by atoms with Crippen LogP contribution in [0.25, 0.3) is 0 Å². The standard InChI is InChI=1S/C17H20ClNO3/c1-2-20-16-5-3-4-6-17(16)22-10-9-21-15-8-7-14(18)11-13(15)12-19/h3-8,11H,2,9-10,12,19H2,1H3. The van der Waals surface area contributed by atoms with Gasteiger partial charge in [-0.05, 0) is 37.3 Å². The van der Waals surface area contributed by atoms with Gasteiger partial charge in [-0.15, -0.1) is 0 Å². The van der Waals surface area contributed by atoms with Crippen LogP contribution in [0.3, 0.4) is 0 Å². The van der Waals surface area contributed by atoms with Gasteiger partial charge in [-0.25, -0.2) is 0 Å². The van der Waals surface area contributed by atoms with Crippen LogP contribution in [-0.2, 0) is 6.54 Å². The molecule has 0 spiro atoms. The maximum absolute atomic E-state index is 5.93. The number of para-hydroxylation sites is 2. The number of hydrogen-bond donors (Lipinski definition) is 1. The van der Waals surface area contributed by atoms with E-state index in [2.05, 4.69) is 0 Å². The topological polar surface area (TPSA) is 53.7 Å². The van der Waals surface area contributed by atoms with E-state index in [-0.39, 0.29) is 0 Å². The first-order valence-corrected chi connectivity index (χ1v) is 7.58. The molecule has 118 valence electrons. The minimum absolute atomic E-state index is 0.379. The van der Waals surface area contributed by atoms with Gasteiger partial charge in [0.2, 0.25) is 0 Å². The van der Waals surface area contributed by atoms with E-state index in [1.807, 2.05) is 43.3 Å². The van der Waals surface area contributed by atoms with Crippen molar-refractivity contribution in [3.63, 3.8) is 0 Å². The molecule has 5 heteroatoms. The summed E-state index contributed by atoms with van der Waals surface area (Å²) < 4.78 is 16.9. The van der Waals surface area contributed by atoms with Gasteiger partial charge >= 0.3 is 0 Å². The summed E-state index contributed by atoms with van der Waals surface area (Å²) in [5, 5.41) is 0.648. The van der Waals surface area contributed by atoms with Gasteiger partial charge in [0.1, 0.15) is 19.0 Å². The molecular formula is C17H20ClNO3. The Morgan fingerprint density at radius 2 is 1.55 bits per heavy atom. The molecule has 22 heavy (non-hydrogen) atoms. The van der Waals surface area contributed by atoms with Crippen molar-refractivity contribution in [3.8, 4) is 17.2 Å². The number of rotatable bonds is 8. The molecule has 0 saturated heterocycles. The van der Waals surface area contributed by atoms with E-state index < -0.39 is 0 Å². The lowest BCUT2D eigenvalue weighted by Gasteiger charge is -2.13. The fourth-order valence-electron chi connectivity index (χ4n) is 2.00. The molecule has 0 atom stereocenters. The highest BCUT2D eigenvalue weighted by Crippen LogP contribution is 2.26. The number of benzene rings is 2. The van der Waals surface area contributed by atoms with Gasteiger partial charge < -0.3 is 19.9 Å². The minimum atomic E-state index is 0.379. The van der Waals surface area contributed by atoms with Crippen LogP contribution in [0.15, 0.2) is 42.5 Å². The molecule has 0 amide bonds. The molecule has 0 aliphatic heterocycles. The smallest absolute Gasteiger partial charge is 0.161 e. The van der Waals surface area contributed by atoms with Crippen molar-refractivity contribution < 1.29 is 14.2 Å². The molecule has 0 unspecified atom stereocenters. The highest BCUT2D eigenvalue weighted by atomic mass is 35.5. The van der Waals surface area contributed by atoms with Crippen molar-refractivity contribution in [2.75, 3.05) is 19.8 Å². The summed E-state index contributed by atoms with van der Waals surface area (Å²) in [6, 6.07) is 13.0. The number of halogens is 1. The second-order valence-corrected chi connectivity index (χ2v) is 4.97.